The zero-order chi connectivity index (χ0) is 30.9. The summed E-state index contributed by atoms with van der Waals surface area (Å²) in [4.78, 5) is 15.3. The number of nitrogens with zero attached hydrogens (tertiary/aromatic N) is 3. The molecule has 10 rings (SSSR count). The molecule has 2 aromatic heterocycles. The second-order valence-corrected chi connectivity index (χ2v) is 12.0. The van der Waals surface area contributed by atoms with Crippen LogP contribution < -0.4 is 0 Å². The SMILES string of the molecule is c1ccc(-c2nc(-c3ccc4ccccc4c3)nc(-c3cc4oc5cc6ccccc6cc5c4c4c3ccc3ccccc34)n2)cc1. The van der Waals surface area contributed by atoms with Crippen molar-refractivity contribution in [2.75, 3.05) is 0 Å². The molecule has 0 unspecified atom stereocenters. The molecule has 8 aromatic carbocycles. The molecule has 0 spiro atoms. The van der Waals surface area contributed by atoms with Crippen LogP contribution in [0.4, 0.5) is 0 Å². The molecule has 2 heterocycles. The summed E-state index contributed by atoms with van der Waals surface area (Å²) >= 11 is 0. The molecule has 4 heteroatoms. The Labute approximate surface area is 269 Å². The minimum Gasteiger partial charge on any atom is -0.456 e. The first-order chi connectivity index (χ1) is 23.3. The number of hydrogen-bond donors (Lipinski definition) is 0. The lowest BCUT2D eigenvalue weighted by atomic mass is 9.93. The number of benzene rings is 8. The van der Waals surface area contributed by atoms with E-state index in [-0.39, 0.29) is 0 Å². The van der Waals surface area contributed by atoms with Crippen LogP contribution in [0.25, 0.3) is 99.2 Å². The topological polar surface area (TPSA) is 51.8 Å². The molecule has 0 atom stereocenters. The van der Waals surface area contributed by atoms with Crippen LogP contribution in [0, 0.1) is 0 Å². The average Bonchev–Trinajstić information content (AvgIpc) is 3.50. The van der Waals surface area contributed by atoms with Gasteiger partial charge in [-0.1, -0.05) is 127 Å². The van der Waals surface area contributed by atoms with E-state index in [1.54, 1.807) is 0 Å². The molecule has 0 bridgehead atoms. The molecule has 218 valence electrons. The van der Waals surface area contributed by atoms with Crippen molar-refractivity contribution < 1.29 is 4.42 Å². The predicted octanol–water partition coefficient (Wildman–Crippen LogP) is 11.4. The monoisotopic (exact) mass is 599 g/mol. The standard InChI is InChI=1S/C43H25N3O/c1-2-12-28(13-3-1)41-44-42(32-19-18-26-10-4-5-14-29(26)22-32)46-43(45-41)35-25-38-40(39-33-17-9-8-11-27(33)20-21-34(35)39)36-23-30-15-6-7-16-31(30)24-37(36)47-38/h1-25H. The quantitative estimate of drug-likeness (QED) is 0.190. The molecule has 10 aromatic rings. The second-order valence-electron chi connectivity index (χ2n) is 12.0. The van der Waals surface area contributed by atoms with E-state index < -0.39 is 0 Å². The van der Waals surface area contributed by atoms with E-state index in [1.165, 1.54) is 21.5 Å². The Bertz CT molecular complexity index is 2850. The van der Waals surface area contributed by atoms with E-state index in [9.17, 15) is 0 Å². The molecule has 0 radical (unpaired) electrons. The molecule has 0 aliphatic carbocycles. The summed E-state index contributed by atoms with van der Waals surface area (Å²) in [6.45, 7) is 0. The average molecular weight is 600 g/mol. The van der Waals surface area contributed by atoms with Crippen LogP contribution in [0.2, 0.25) is 0 Å². The van der Waals surface area contributed by atoms with Crippen molar-refractivity contribution in [2.24, 2.45) is 0 Å². The fraction of sp³-hybridized carbons (Fsp3) is 0. The Morgan fingerprint density at radius 2 is 0.957 bits per heavy atom. The van der Waals surface area contributed by atoms with Crippen LogP contribution in [0.5, 0.6) is 0 Å². The molecule has 4 nitrogen and oxygen atoms in total. The van der Waals surface area contributed by atoms with Gasteiger partial charge in [0.25, 0.3) is 0 Å². The van der Waals surface area contributed by atoms with Gasteiger partial charge in [0.15, 0.2) is 17.5 Å². The van der Waals surface area contributed by atoms with Gasteiger partial charge < -0.3 is 4.42 Å². The highest BCUT2D eigenvalue weighted by molar-refractivity contribution is 6.30. The van der Waals surface area contributed by atoms with E-state index in [4.69, 9.17) is 19.4 Å². The zero-order valence-corrected chi connectivity index (χ0v) is 25.2. The van der Waals surface area contributed by atoms with Gasteiger partial charge in [0.1, 0.15) is 11.2 Å². The summed E-state index contributed by atoms with van der Waals surface area (Å²) in [5.74, 6) is 1.86. The van der Waals surface area contributed by atoms with Crippen molar-refractivity contribution in [1.29, 1.82) is 0 Å². The summed E-state index contributed by atoms with van der Waals surface area (Å²) in [6.07, 6.45) is 0. The third-order valence-corrected chi connectivity index (χ3v) is 9.24. The normalized spacial score (nSPS) is 11.8. The Hall–Kier alpha value is -6.39. The summed E-state index contributed by atoms with van der Waals surface area (Å²) in [5, 5.41) is 11.4. The third-order valence-electron chi connectivity index (χ3n) is 9.24. The number of fused-ring (bicyclic) bond motifs is 9. The van der Waals surface area contributed by atoms with Crippen LogP contribution in [-0.4, -0.2) is 15.0 Å². The highest BCUT2D eigenvalue weighted by atomic mass is 16.3. The first-order valence-corrected chi connectivity index (χ1v) is 15.8. The van der Waals surface area contributed by atoms with Crippen LogP contribution in [0.1, 0.15) is 0 Å². The van der Waals surface area contributed by atoms with Gasteiger partial charge in [0.2, 0.25) is 0 Å². The lowest BCUT2D eigenvalue weighted by Gasteiger charge is -2.13. The Morgan fingerprint density at radius 3 is 1.77 bits per heavy atom. The first kappa shape index (κ1) is 25.9. The number of aromatic nitrogens is 3. The Kier molecular flexibility index (Phi) is 5.54. The molecule has 0 saturated carbocycles. The Balaban J connectivity index is 1.32. The molecule has 0 aliphatic heterocycles. The zero-order valence-electron chi connectivity index (χ0n) is 25.2. The minimum absolute atomic E-state index is 0.606. The smallest absolute Gasteiger partial charge is 0.164 e. The van der Waals surface area contributed by atoms with Gasteiger partial charge in [0, 0.05) is 32.8 Å². The van der Waals surface area contributed by atoms with Gasteiger partial charge in [0.05, 0.1) is 0 Å². The van der Waals surface area contributed by atoms with Gasteiger partial charge in [-0.2, -0.15) is 0 Å². The number of furan rings is 1. The molecular weight excluding hydrogens is 574 g/mol. The van der Waals surface area contributed by atoms with E-state index in [1.807, 2.05) is 30.3 Å². The highest BCUT2D eigenvalue weighted by Gasteiger charge is 2.21. The molecular formula is C43H25N3O. The van der Waals surface area contributed by atoms with Crippen molar-refractivity contribution in [2.45, 2.75) is 0 Å². The fourth-order valence-electron chi connectivity index (χ4n) is 6.99. The van der Waals surface area contributed by atoms with Gasteiger partial charge in [-0.25, -0.2) is 15.0 Å². The van der Waals surface area contributed by atoms with E-state index >= 15 is 0 Å². The summed E-state index contributed by atoms with van der Waals surface area (Å²) in [6, 6.07) is 52.8. The van der Waals surface area contributed by atoms with Crippen molar-refractivity contribution in [3.8, 4) is 34.2 Å². The lowest BCUT2D eigenvalue weighted by molar-refractivity contribution is 0.670. The van der Waals surface area contributed by atoms with Crippen molar-refractivity contribution >= 4 is 65.0 Å². The second kappa shape index (κ2) is 10.1. The van der Waals surface area contributed by atoms with E-state index in [0.29, 0.717) is 17.5 Å². The van der Waals surface area contributed by atoms with E-state index in [2.05, 4.69) is 121 Å². The summed E-state index contributed by atoms with van der Waals surface area (Å²) in [7, 11) is 0. The summed E-state index contributed by atoms with van der Waals surface area (Å²) in [5.41, 5.74) is 4.45. The van der Waals surface area contributed by atoms with Crippen molar-refractivity contribution in [3.63, 3.8) is 0 Å². The third kappa shape index (κ3) is 4.12. The largest absolute Gasteiger partial charge is 0.456 e. The number of hydrogen-bond acceptors (Lipinski definition) is 4. The van der Waals surface area contributed by atoms with Gasteiger partial charge in [-0.05, 0) is 62.0 Å². The van der Waals surface area contributed by atoms with Crippen LogP contribution >= 0.6 is 0 Å². The van der Waals surface area contributed by atoms with Crippen molar-refractivity contribution in [1.82, 2.24) is 15.0 Å². The first-order valence-electron chi connectivity index (χ1n) is 15.8. The number of rotatable bonds is 3. The minimum atomic E-state index is 0.606. The van der Waals surface area contributed by atoms with Gasteiger partial charge in [-0.15, -0.1) is 0 Å². The maximum Gasteiger partial charge on any atom is 0.164 e. The lowest BCUT2D eigenvalue weighted by Crippen LogP contribution is -2.00. The van der Waals surface area contributed by atoms with Gasteiger partial charge in [-0.3, -0.25) is 0 Å². The maximum absolute atomic E-state index is 6.69. The van der Waals surface area contributed by atoms with Crippen LogP contribution in [-0.2, 0) is 0 Å². The fourth-order valence-corrected chi connectivity index (χ4v) is 6.99. The maximum atomic E-state index is 6.69. The highest BCUT2D eigenvalue weighted by Crippen LogP contribution is 2.43. The molecule has 0 amide bonds. The molecule has 0 fully saturated rings. The Morgan fingerprint density at radius 1 is 0.340 bits per heavy atom. The van der Waals surface area contributed by atoms with Crippen LogP contribution in [0.15, 0.2) is 156 Å². The molecule has 0 saturated heterocycles. The van der Waals surface area contributed by atoms with Crippen molar-refractivity contribution in [3.05, 3.63) is 152 Å². The molecule has 47 heavy (non-hydrogen) atoms. The van der Waals surface area contributed by atoms with E-state index in [0.717, 1.165) is 60.2 Å². The molecule has 0 N–H and O–H groups in total. The predicted molar refractivity (Wildman–Crippen MR) is 193 cm³/mol. The van der Waals surface area contributed by atoms with Crippen LogP contribution in [0.3, 0.4) is 0 Å². The van der Waals surface area contributed by atoms with Gasteiger partial charge >= 0.3 is 0 Å². The molecule has 0 aliphatic rings. The summed E-state index contributed by atoms with van der Waals surface area (Å²) < 4.78 is 6.69.